The van der Waals surface area contributed by atoms with E-state index in [1.165, 1.54) is 12.0 Å². The fourth-order valence-corrected chi connectivity index (χ4v) is 3.62. The van der Waals surface area contributed by atoms with Crippen molar-refractivity contribution in [3.8, 4) is 11.5 Å². The molecule has 0 bridgehead atoms. The Morgan fingerprint density at radius 3 is 3.08 bits per heavy atom. The third-order valence-corrected chi connectivity index (χ3v) is 4.74. The average Bonchev–Trinajstić information content (AvgIpc) is 3.22. The number of hydrogen-bond acceptors (Lipinski definition) is 5. The first-order valence-corrected chi connectivity index (χ1v) is 8.41. The van der Waals surface area contributed by atoms with E-state index in [2.05, 4.69) is 28.3 Å². The Balaban J connectivity index is 1.53. The fourth-order valence-electron chi connectivity index (χ4n) is 3.62. The number of para-hydroxylation sites is 1. The molecular formula is C19H22N2O3. The van der Waals surface area contributed by atoms with E-state index < -0.39 is 0 Å². The fraction of sp³-hybridized carbons (Fsp3) is 0.421. The maximum Gasteiger partial charge on any atom is 0.168 e. The zero-order valence-corrected chi connectivity index (χ0v) is 14.1. The molecule has 0 saturated carbocycles. The predicted octanol–water partition coefficient (Wildman–Crippen LogP) is 3.60. The Hall–Kier alpha value is -2.27. The molecule has 1 aromatic carbocycles. The number of nitrogens with zero attached hydrogens (tertiary/aromatic N) is 2. The Bertz CT molecular complexity index is 766. The Morgan fingerprint density at radius 2 is 2.29 bits per heavy atom. The second-order valence-corrected chi connectivity index (χ2v) is 6.47. The molecule has 1 aromatic heterocycles. The third kappa shape index (κ3) is 2.80. The van der Waals surface area contributed by atoms with Crippen LogP contribution < -0.4 is 9.47 Å². The molecule has 0 radical (unpaired) electrons. The van der Waals surface area contributed by atoms with Crippen molar-refractivity contribution in [1.82, 2.24) is 10.1 Å². The molecule has 0 spiro atoms. The highest BCUT2D eigenvalue weighted by Gasteiger charge is 2.30. The van der Waals surface area contributed by atoms with Crippen LogP contribution in [-0.2, 0) is 0 Å². The van der Waals surface area contributed by atoms with Crippen molar-refractivity contribution < 1.29 is 14.0 Å². The van der Waals surface area contributed by atoms with Crippen LogP contribution in [0.2, 0.25) is 0 Å². The minimum absolute atomic E-state index is 0.318. The molecule has 24 heavy (non-hydrogen) atoms. The second-order valence-electron chi connectivity index (χ2n) is 6.47. The minimum Gasteiger partial charge on any atom is -0.493 e. The quantitative estimate of drug-likeness (QED) is 0.859. The topological polar surface area (TPSA) is 47.7 Å². The molecule has 1 atom stereocenters. The predicted molar refractivity (Wildman–Crippen MR) is 91.3 cm³/mol. The van der Waals surface area contributed by atoms with E-state index in [9.17, 15) is 0 Å². The van der Waals surface area contributed by atoms with E-state index in [1.54, 1.807) is 7.11 Å². The first-order valence-electron chi connectivity index (χ1n) is 8.41. The van der Waals surface area contributed by atoms with Gasteiger partial charge in [0.25, 0.3) is 0 Å². The molecule has 2 aliphatic rings. The Kier molecular flexibility index (Phi) is 4.02. The minimum atomic E-state index is 0.318. The lowest BCUT2D eigenvalue weighted by Crippen LogP contribution is -2.28. The molecule has 5 nitrogen and oxygen atoms in total. The summed E-state index contributed by atoms with van der Waals surface area (Å²) < 4.78 is 16.8. The summed E-state index contributed by atoms with van der Waals surface area (Å²) in [4.78, 5) is 2.46. The number of rotatable bonds is 4. The van der Waals surface area contributed by atoms with Gasteiger partial charge in [-0.3, -0.25) is 4.90 Å². The molecule has 5 heteroatoms. The van der Waals surface area contributed by atoms with Crippen LogP contribution in [0.1, 0.15) is 35.9 Å². The monoisotopic (exact) mass is 326 g/mol. The molecule has 2 aliphatic heterocycles. The van der Waals surface area contributed by atoms with Gasteiger partial charge in [-0.25, -0.2) is 0 Å². The summed E-state index contributed by atoms with van der Waals surface area (Å²) in [6.07, 6.45) is 4.53. The zero-order chi connectivity index (χ0) is 16.5. The van der Waals surface area contributed by atoms with Crippen molar-refractivity contribution in [3.63, 3.8) is 0 Å². The van der Waals surface area contributed by atoms with Crippen molar-refractivity contribution in [2.75, 3.05) is 26.8 Å². The van der Waals surface area contributed by atoms with Gasteiger partial charge in [0.1, 0.15) is 6.61 Å². The zero-order valence-electron chi connectivity index (χ0n) is 14.1. The Morgan fingerprint density at radius 1 is 1.38 bits per heavy atom. The first kappa shape index (κ1) is 15.3. The van der Waals surface area contributed by atoms with Crippen LogP contribution in [0.3, 0.4) is 0 Å². The van der Waals surface area contributed by atoms with Gasteiger partial charge in [-0.15, -0.1) is 0 Å². The van der Waals surface area contributed by atoms with Crippen LogP contribution >= 0.6 is 0 Å². The van der Waals surface area contributed by atoms with Crippen molar-refractivity contribution in [2.45, 2.75) is 25.8 Å². The lowest BCUT2D eigenvalue weighted by Gasteiger charge is -2.26. The smallest absolute Gasteiger partial charge is 0.168 e. The standard InChI is InChI=1S/C19H22N2O3/c1-13-9-18(24-20-13)16-6-4-8-21(16)11-14-10-15-5-3-7-17(22-2)19(15)23-12-14/h3,5,7,9-10,16H,4,6,8,11-12H2,1-2H3/t16-/m0/s1. The summed E-state index contributed by atoms with van der Waals surface area (Å²) in [6.45, 7) is 4.54. The number of likely N-dealkylation sites (tertiary alicyclic amines) is 1. The van der Waals surface area contributed by atoms with Crippen LogP contribution in [0.15, 0.2) is 34.4 Å². The summed E-state index contributed by atoms with van der Waals surface area (Å²) >= 11 is 0. The van der Waals surface area contributed by atoms with E-state index in [1.807, 2.05) is 19.1 Å². The number of hydrogen-bond donors (Lipinski definition) is 0. The molecule has 0 aliphatic carbocycles. The molecule has 126 valence electrons. The number of methoxy groups -OCH3 is 1. The first-order chi connectivity index (χ1) is 11.7. The highest BCUT2D eigenvalue weighted by molar-refractivity contribution is 5.66. The summed E-state index contributed by atoms with van der Waals surface area (Å²) in [7, 11) is 1.67. The van der Waals surface area contributed by atoms with Crippen molar-refractivity contribution in [3.05, 3.63) is 46.9 Å². The molecule has 0 N–H and O–H groups in total. The van der Waals surface area contributed by atoms with Gasteiger partial charge in [0, 0.05) is 18.2 Å². The lowest BCUT2D eigenvalue weighted by molar-refractivity contribution is 0.218. The lowest BCUT2D eigenvalue weighted by atomic mass is 10.1. The normalized spacial score (nSPS) is 20.4. The largest absolute Gasteiger partial charge is 0.493 e. The maximum absolute atomic E-state index is 5.96. The number of benzene rings is 1. The van der Waals surface area contributed by atoms with Crippen LogP contribution in [0, 0.1) is 6.92 Å². The SMILES string of the molecule is COc1cccc2c1OCC(CN1CCC[C@H]1c1cc(C)no1)=C2. The summed E-state index contributed by atoms with van der Waals surface area (Å²) in [5.74, 6) is 2.61. The van der Waals surface area contributed by atoms with Gasteiger partial charge in [0.2, 0.25) is 0 Å². The average molecular weight is 326 g/mol. The second kappa shape index (κ2) is 6.32. The molecule has 2 aromatic rings. The summed E-state index contributed by atoms with van der Waals surface area (Å²) in [5, 5.41) is 4.04. The number of fused-ring (bicyclic) bond motifs is 1. The number of aryl methyl sites for hydroxylation is 1. The number of aromatic nitrogens is 1. The van der Waals surface area contributed by atoms with Crippen LogP contribution in [0.4, 0.5) is 0 Å². The van der Waals surface area contributed by atoms with Crippen molar-refractivity contribution in [1.29, 1.82) is 0 Å². The summed E-state index contributed by atoms with van der Waals surface area (Å²) in [6, 6.07) is 8.36. The maximum atomic E-state index is 5.96. The van der Waals surface area contributed by atoms with Crippen molar-refractivity contribution >= 4 is 6.08 Å². The van der Waals surface area contributed by atoms with Crippen LogP contribution in [-0.4, -0.2) is 36.9 Å². The summed E-state index contributed by atoms with van der Waals surface area (Å²) in [5.41, 5.74) is 3.30. The number of ether oxygens (including phenoxy) is 2. The van der Waals surface area contributed by atoms with Gasteiger partial charge in [-0.2, -0.15) is 0 Å². The molecule has 0 unspecified atom stereocenters. The van der Waals surface area contributed by atoms with E-state index in [0.717, 1.165) is 48.0 Å². The molecule has 3 heterocycles. The molecular weight excluding hydrogens is 304 g/mol. The van der Waals surface area contributed by atoms with Crippen molar-refractivity contribution in [2.24, 2.45) is 0 Å². The van der Waals surface area contributed by atoms with E-state index in [0.29, 0.717) is 12.6 Å². The highest BCUT2D eigenvalue weighted by Crippen LogP contribution is 2.37. The van der Waals surface area contributed by atoms with Gasteiger partial charge >= 0.3 is 0 Å². The molecule has 4 rings (SSSR count). The van der Waals surface area contributed by atoms with E-state index in [4.69, 9.17) is 14.0 Å². The van der Waals surface area contributed by atoms with Gasteiger partial charge in [0.05, 0.1) is 18.8 Å². The highest BCUT2D eigenvalue weighted by atomic mass is 16.5. The van der Waals surface area contributed by atoms with Gasteiger partial charge < -0.3 is 14.0 Å². The van der Waals surface area contributed by atoms with E-state index >= 15 is 0 Å². The van der Waals surface area contributed by atoms with E-state index in [-0.39, 0.29) is 0 Å². The third-order valence-electron chi connectivity index (χ3n) is 4.74. The Labute approximate surface area is 141 Å². The van der Waals surface area contributed by atoms with Gasteiger partial charge in [-0.05, 0) is 44.0 Å². The van der Waals surface area contributed by atoms with Crippen LogP contribution in [0.5, 0.6) is 11.5 Å². The van der Waals surface area contributed by atoms with Crippen LogP contribution in [0.25, 0.3) is 6.08 Å². The molecule has 0 amide bonds. The van der Waals surface area contributed by atoms with Gasteiger partial charge in [-0.1, -0.05) is 17.3 Å². The molecule has 1 fully saturated rings. The molecule has 1 saturated heterocycles. The van der Waals surface area contributed by atoms with Gasteiger partial charge in [0.15, 0.2) is 17.3 Å².